The predicted octanol–water partition coefficient (Wildman–Crippen LogP) is 4.51. The van der Waals surface area contributed by atoms with Gasteiger partial charge in [-0.15, -0.1) is 0 Å². The van der Waals surface area contributed by atoms with E-state index in [1.165, 1.54) is 23.6 Å². The summed E-state index contributed by atoms with van der Waals surface area (Å²) in [5.41, 5.74) is 5.13. The van der Waals surface area contributed by atoms with Gasteiger partial charge < -0.3 is 48.5 Å². The Hall–Kier alpha value is -2.91. The third-order valence-electron chi connectivity index (χ3n) is 8.60. The van der Waals surface area contributed by atoms with Crippen LogP contribution in [0.25, 0.3) is 0 Å². The Labute approximate surface area is 302 Å². The van der Waals surface area contributed by atoms with E-state index in [1.54, 1.807) is 6.92 Å². The Morgan fingerprint density at radius 2 is 1.10 bits per heavy atom. The number of ether oxygens (including phenoxy) is 7. The van der Waals surface area contributed by atoms with E-state index < -0.39 is 85.9 Å². The van der Waals surface area contributed by atoms with Gasteiger partial charge in [0.25, 0.3) is 0 Å². The monoisotopic (exact) mass is 724 g/mol. The summed E-state index contributed by atoms with van der Waals surface area (Å²) in [5.74, 6) is -2.20. The third kappa shape index (κ3) is 15.3. The molecule has 0 saturated carbocycles. The number of hydrogen-bond donors (Lipinski definition) is 3. The van der Waals surface area contributed by atoms with Crippen LogP contribution in [0.3, 0.4) is 0 Å². The first-order valence-electron chi connectivity index (χ1n) is 17.7. The zero-order valence-electron chi connectivity index (χ0n) is 31.7. The van der Waals surface area contributed by atoms with Crippen molar-refractivity contribution in [1.29, 1.82) is 0 Å². The van der Waals surface area contributed by atoms with E-state index in [9.17, 15) is 29.7 Å². The Bertz CT molecular complexity index is 1250. The van der Waals surface area contributed by atoms with Gasteiger partial charge in [-0.05, 0) is 80.1 Å². The van der Waals surface area contributed by atoms with Crippen molar-refractivity contribution in [3.05, 3.63) is 46.6 Å². The average Bonchev–Trinajstić information content (AvgIpc) is 3.03. The fourth-order valence-corrected chi connectivity index (χ4v) is 5.84. The summed E-state index contributed by atoms with van der Waals surface area (Å²) in [4.78, 5) is 36.0. The van der Waals surface area contributed by atoms with Crippen LogP contribution in [0.15, 0.2) is 46.6 Å². The average molecular weight is 725 g/mol. The summed E-state index contributed by atoms with van der Waals surface area (Å²) >= 11 is 0. The largest absolute Gasteiger partial charge is 0.456 e. The summed E-state index contributed by atoms with van der Waals surface area (Å²) in [6, 6.07) is 0. The summed E-state index contributed by atoms with van der Waals surface area (Å²) in [6.45, 7) is 14.9. The van der Waals surface area contributed by atoms with Crippen molar-refractivity contribution in [2.45, 2.75) is 162 Å². The number of aliphatic hydroxyl groups excluding tert-OH is 3. The van der Waals surface area contributed by atoms with Crippen molar-refractivity contribution < 1.29 is 62.9 Å². The molecule has 2 rings (SSSR count). The van der Waals surface area contributed by atoms with Crippen LogP contribution in [0.4, 0.5) is 0 Å². The lowest BCUT2D eigenvalue weighted by atomic mass is 9.97. The molecule has 3 N–H and O–H groups in total. The van der Waals surface area contributed by atoms with E-state index in [0.717, 1.165) is 57.9 Å². The van der Waals surface area contributed by atoms with Gasteiger partial charge in [0.05, 0.1) is 19.3 Å². The number of hydrogen-bond acceptors (Lipinski definition) is 13. The minimum Gasteiger partial charge on any atom is -0.456 e. The van der Waals surface area contributed by atoms with Crippen LogP contribution in [0.2, 0.25) is 0 Å². The molecule has 0 aromatic heterocycles. The second-order valence-corrected chi connectivity index (χ2v) is 13.6. The van der Waals surface area contributed by atoms with Crippen LogP contribution in [-0.2, 0) is 47.5 Å². The highest BCUT2D eigenvalue weighted by molar-refractivity contribution is 5.68. The highest BCUT2D eigenvalue weighted by Gasteiger charge is 2.54. The van der Waals surface area contributed by atoms with E-state index in [0.29, 0.717) is 0 Å². The maximum absolute atomic E-state index is 12.1. The molecule has 0 radical (unpaired) electrons. The summed E-state index contributed by atoms with van der Waals surface area (Å²) < 4.78 is 40.0. The first-order chi connectivity index (χ1) is 24.0. The molecule has 13 heteroatoms. The van der Waals surface area contributed by atoms with E-state index >= 15 is 0 Å². The number of allylic oxidation sites excluding steroid dienone is 7. The Kier molecular flexibility index (Phi) is 19.3. The van der Waals surface area contributed by atoms with Crippen LogP contribution in [-0.4, -0.2) is 108 Å². The molecule has 10 unspecified atom stereocenters. The molecule has 51 heavy (non-hydrogen) atoms. The van der Waals surface area contributed by atoms with Gasteiger partial charge in [-0.3, -0.25) is 14.4 Å². The second kappa shape index (κ2) is 22.2. The molecular weight excluding hydrogens is 664 g/mol. The fraction of sp³-hybridized carbons (Fsp3) is 0.711. The maximum Gasteiger partial charge on any atom is 0.303 e. The van der Waals surface area contributed by atoms with E-state index in [1.807, 2.05) is 13.0 Å². The van der Waals surface area contributed by atoms with Gasteiger partial charge in [0.2, 0.25) is 0 Å². The molecule has 0 spiro atoms. The Morgan fingerprint density at radius 1 is 0.608 bits per heavy atom. The molecule has 2 aliphatic heterocycles. The smallest absolute Gasteiger partial charge is 0.303 e. The van der Waals surface area contributed by atoms with Crippen LogP contribution in [0.1, 0.15) is 101 Å². The fourth-order valence-electron chi connectivity index (χ4n) is 5.84. The van der Waals surface area contributed by atoms with Gasteiger partial charge in [-0.2, -0.15) is 0 Å². The topological polar surface area (TPSA) is 177 Å². The first kappa shape index (κ1) is 44.3. The minimum absolute atomic E-state index is 0.0523. The molecule has 0 amide bonds. The van der Waals surface area contributed by atoms with Crippen molar-refractivity contribution in [2.75, 3.05) is 13.2 Å². The SMILES string of the molecule is CC(=O)OC1C(C)OC(OC2C(OCC=C(C)CCC=C(C)CCC=C(C)CCC=C(C)C)OC(CO)C(O)C2O)C(OC(C)=O)C1OC(C)=O. The molecule has 10 atom stereocenters. The van der Waals surface area contributed by atoms with Gasteiger partial charge in [-0.25, -0.2) is 0 Å². The van der Waals surface area contributed by atoms with E-state index in [4.69, 9.17) is 33.2 Å². The van der Waals surface area contributed by atoms with Crippen molar-refractivity contribution in [2.24, 2.45) is 0 Å². The zero-order chi connectivity index (χ0) is 38.2. The van der Waals surface area contributed by atoms with Gasteiger partial charge in [0, 0.05) is 20.8 Å². The van der Waals surface area contributed by atoms with Crippen molar-refractivity contribution in [1.82, 2.24) is 0 Å². The standard InChI is InChI=1S/C38H60O13/c1-22(2)13-10-14-23(3)15-11-16-24(4)17-12-18-25(5)19-20-45-37-34(32(44)31(43)30(21-39)50-37)51-38-36(49-29(9)42)35(48-28(8)41)33(26(6)46-38)47-27(7)40/h13,15,17,19,26,30-39,43-44H,10-12,14,16,18,20-21H2,1-9H3. The van der Waals surface area contributed by atoms with Gasteiger partial charge >= 0.3 is 17.9 Å². The molecule has 2 saturated heterocycles. The molecular formula is C38H60O13. The molecule has 13 nitrogen and oxygen atoms in total. The zero-order valence-corrected chi connectivity index (χ0v) is 31.7. The van der Waals surface area contributed by atoms with E-state index in [2.05, 4.69) is 45.9 Å². The van der Waals surface area contributed by atoms with Crippen molar-refractivity contribution in [3.8, 4) is 0 Å². The number of esters is 3. The molecule has 0 aromatic carbocycles. The lowest BCUT2D eigenvalue weighted by molar-refractivity contribution is -0.364. The third-order valence-corrected chi connectivity index (χ3v) is 8.60. The van der Waals surface area contributed by atoms with Crippen molar-refractivity contribution in [3.63, 3.8) is 0 Å². The lowest BCUT2D eigenvalue weighted by Crippen LogP contribution is -2.65. The number of rotatable bonds is 18. The first-order valence-corrected chi connectivity index (χ1v) is 17.7. The normalized spacial score (nSPS) is 30.4. The van der Waals surface area contributed by atoms with Gasteiger partial charge in [-0.1, -0.05) is 46.6 Å². The predicted molar refractivity (Wildman–Crippen MR) is 188 cm³/mol. The molecule has 0 aliphatic carbocycles. The quantitative estimate of drug-likeness (QED) is 0.102. The van der Waals surface area contributed by atoms with Crippen LogP contribution in [0.5, 0.6) is 0 Å². The molecule has 2 aliphatic rings. The summed E-state index contributed by atoms with van der Waals surface area (Å²) in [6.07, 6.45) is 1.05. The Balaban J connectivity index is 2.11. The van der Waals surface area contributed by atoms with Gasteiger partial charge in [0.1, 0.15) is 24.4 Å². The number of carbonyl (C=O) groups excluding carboxylic acids is 3. The maximum atomic E-state index is 12.1. The number of carbonyl (C=O) groups is 3. The molecule has 0 bridgehead atoms. The van der Waals surface area contributed by atoms with Gasteiger partial charge in [0.15, 0.2) is 30.9 Å². The number of aliphatic hydroxyl groups is 3. The lowest BCUT2D eigenvalue weighted by Gasteiger charge is -2.47. The van der Waals surface area contributed by atoms with Crippen LogP contribution in [0, 0.1) is 0 Å². The molecule has 2 heterocycles. The highest BCUT2D eigenvalue weighted by Crippen LogP contribution is 2.33. The van der Waals surface area contributed by atoms with Crippen LogP contribution < -0.4 is 0 Å². The van der Waals surface area contributed by atoms with E-state index in [-0.39, 0.29) is 6.61 Å². The van der Waals surface area contributed by atoms with Crippen molar-refractivity contribution >= 4 is 17.9 Å². The molecule has 0 aromatic rings. The van der Waals surface area contributed by atoms with Crippen LogP contribution >= 0.6 is 0 Å². The molecule has 290 valence electrons. The Morgan fingerprint density at radius 3 is 1.61 bits per heavy atom. The highest BCUT2D eigenvalue weighted by atomic mass is 16.8. The summed E-state index contributed by atoms with van der Waals surface area (Å²) in [5, 5.41) is 31.6. The second-order valence-electron chi connectivity index (χ2n) is 13.6. The minimum atomic E-state index is -1.63. The summed E-state index contributed by atoms with van der Waals surface area (Å²) in [7, 11) is 0. The molecule has 2 fully saturated rings.